The van der Waals surface area contributed by atoms with E-state index < -0.39 is 0 Å². The van der Waals surface area contributed by atoms with Crippen LogP contribution in [0.5, 0.6) is 0 Å². The average Bonchev–Trinajstić information content (AvgIpc) is 2.98. The molecule has 0 fully saturated rings. The van der Waals surface area contributed by atoms with Crippen molar-refractivity contribution in [3.63, 3.8) is 0 Å². The van der Waals surface area contributed by atoms with Crippen LogP contribution in [-0.2, 0) is 16.1 Å². The van der Waals surface area contributed by atoms with Gasteiger partial charge in [0.05, 0.1) is 12.3 Å². The van der Waals surface area contributed by atoms with Crippen molar-refractivity contribution in [3.8, 4) is 11.3 Å². The van der Waals surface area contributed by atoms with Crippen LogP contribution in [-0.4, -0.2) is 26.5 Å². The molecule has 0 amide bonds. The molecule has 0 bridgehead atoms. The minimum absolute atomic E-state index is 0.000520. The summed E-state index contributed by atoms with van der Waals surface area (Å²) in [7, 11) is 0. The molecule has 0 aliphatic rings. The van der Waals surface area contributed by atoms with E-state index in [0.717, 1.165) is 5.56 Å². The minimum Gasteiger partial charge on any atom is -0.465 e. The molecule has 7 heteroatoms. The van der Waals surface area contributed by atoms with E-state index in [9.17, 15) is 9.59 Å². The van der Waals surface area contributed by atoms with E-state index in [1.807, 2.05) is 12.1 Å². The molecule has 6 nitrogen and oxygen atoms in total. The van der Waals surface area contributed by atoms with E-state index >= 15 is 0 Å². The predicted molar refractivity (Wildman–Crippen MR) is 91.3 cm³/mol. The van der Waals surface area contributed by atoms with Crippen molar-refractivity contribution in [1.29, 1.82) is 0 Å². The second-order valence-corrected chi connectivity index (χ2v) is 5.75. The molecule has 0 atom stereocenters. The number of fused-ring (bicyclic) bond motifs is 1. The fourth-order valence-corrected chi connectivity index (χ4v) is 2.62. The molecule has 3 rings (SSSR count). The Morgan fingerprint density at radius 1 is 1.29 bits per heavy atom. The first-order valence-electron chi connectivity index (χ1n) is 7.50. The van der Waals surface area contributed by atoms with Gasteiger partial charge in [0.1, 0.15) is 6.54 Å². The van der Waals surface area contributed by atoms with Gasteiger partial charge >= 0.3 is 5.97 Å². The lowest BCUT2D eigenvalue weighted by Gasteiger charge is -2.10. The number of halogens is 1. The van der Waals surface area contributed by atoms with Gasteiger partial charge in [-0.1, -0.05) is 23.7 Å². The van der Waals surface area contributed by atoms with Gasteiger partial charge < -0.3 is 9.30 Å². The number of imidazole rings is 1. The normalized spacial score (nSPS) is 11.0. The Morgan fingerprint density at radius 2 is 2.00 bits per heavy atom. The summed E-state index contributed by atoms with van der Waals surface area (Å²) in [6, 6.07) is 8.65. The molecule has 1 aromatic carbocycles. The van der Waals surface area contributed by atoms with Crippen molar-refractivity contribution < 1.29 is 9.53 Å². The first-order valence-corrected chi connectivity index (χ1v) is 7.88. The molecular weight excluding hydrogens is 330 g/mol. The summed E-state index contributed by atoms with van der Waals surface area (Å²) in [5.41, 5.74) is 1.92. The van der Waals surface area contributed by atoms with E-state index in [1.165, 1.54) is 10.5 Å². The van der Waals surface area contributed by atoms with E-state index in [-0.39, 0.29) is 18.1 Å². The Hall–Kier alpha value is -2.60. The van der Waals surface area contributed by atoms with E-state index in [4.69, 9.17) is 16.3 Å². The lowest BCUT2D eigenvalue weighted by molar-refractivity contribution is -0.143. The van der Waals surface area contributed by atoms with Crippen LogP contribution in [0.15, 0.2) is 41.3 Å². The van der Waals surface area contributed by atoms with Crippen molar-refractivity contribution in [2.24, 2.45) is 0 Å². The number of hydrogen-bond donors (Lipinski definition) is 0. The van der Waals surface area contributed by atoms with Crippen molar-refractivity contribution in [1.82, 2.24) is 14.0 Å². The van der Waals surface area contributed by atoms with Crippen LogP contribution in [0.2, 0.25) is 5.02 Å². The van der Waals surface area contributed by atoms with Crippen LogP contribution >= 0.6 is 11.6 Å². The summed E-state index contributed by atoms with van der Waals surface area (Å²) < 4.78 is 8.09. The van der Waals surface area contributed by atoms with Crippen LogP contribution in [0.3, 0.4) is 0 Å². The summed E-state index contributed by atoms with van der Waals surface area (Å²) in [6.07, 6.45) is 1.65. The van der Waals surface area contributed by atoms with Crippen LogP contribution in [0.25, 0.3) is 17.0 Å². The Labute approximate surface area is 143 Å². The molecule has 0 N–H and O–H groups in total. The average molecular weight is 346 g/mol. The maximum absolute atomic E-state index is 12.2. The highest BCUT2D eigenvalue weighted by Gasteiger charge is 2.14. The topological polar surface area (TPSA) is 65.6 Å². The van der Waals surface area contributed by atoms with Crippen molar-refractivity contribution >= 4 is 23.3 Å². The maximum Gasteiger partial charge on any atom is 0.326 e. The quantitative estimate of drug-likeness (QED) is 0.682. The van der Waals surface area contributed by atoms with Crippen molar-refractivity contribution in [3.05, 3.63) is 57.6 Å². The van der Waals surface area contributed by atoms with Gasteiger partial charge in [0.25, 0.3) is 5.56 Å². The Bertz CT molecular complexity index is 958. The molecule has 0 unspecified atom stereocenters. The summed E-state index contributed by atoms with van der Waals surface area (Å²) in [6.45, 7) is 3.82. The van der Waals surface area contributed by atoms with Crippen molar-refractivity contribution in [2.45, 2.75) is 20.4 Å². The number of esters is 1. The number of rotatable bonds is 4. The molecule has 0 saturated carbocycles. The summed E-state index contributed by atoms with van der Waals surface area (Å²) in [4.78, 5) is 28.6. The second-order valence-electron chi connectivity index (χ2n) is 5.32. The van der Waals surface area contributed by atoms with Gasteiger partial charge in [-0.05, 0) is 26.0 Å². The van der Waals surface area contributed by atoms with Crippen LogP contribution in [0.1, 0.15) is 12.6 Å². The zero-order valence-corrected chi connectivity index (χ0v) is 14.1. The van der Waals surface area contributed by atoms with E-state index in [1.54, 1.807) is 36.7 Å². The summed E-state index contributed by atoms with van der Waals surface area (Å²) in [5, 5.41) is 0.625. The Kier molecular flexibility index (Phi) is 4.40. The highest BCUT2D eigenvalue weighted by Crippen LogP contribution is 2.21. The zero-order valence-electron chi connectivity index (χ0n) is 13.3. The number of carbonyl (C=O) groups is 1. The number of hydrogen-bond acceptors (Lipinski definition) is 4. The highest BCUT2D eigenvalue weighted by molar-refractivity contribution is 6.30. The summed E-state index contributed by atoms with van der Waals surface area (Å²) in [5.74, 6) is 0.0280. The number of benzene rings is 1. The van der Waals surface area contributed by atoms with Gasteiger partial charge in [-0.2, -0.15) is 0 Å². The lowest BCUT2D eigenvalue weighted by Crippen LogP contribution is -2.22. The molecule has 0 aliphatic heterocycles. The Morgan fingerprint density at radius 3 is 2.67 bits per heavy atom. The largest absolute Gasteiger partial charge is 0.465 e. The maximum atomic E-state index is 12.2. The summed E-state index contributed by atoms with van der Waals surface area (Å²) >= 11 is 5.90. The first-order chi connectivity index (χ1) is 11.5. The molecule has 0 radical (unpaired) electrons. The molecule has 24 heavy (non-hydrogen) atoms. The third kappa shape index (κ3) is 3.05. The van der Waals surface area contributed by atoms with Gasteiger partial charge in [-0.3, -0.25) is 14.0 Å². The molecule has 0 aliphatic carbocycles. The SMILES string of the molecule is CCOC(=O)Cn1c(C)cc(=O)n2cc(-c3ccc(Cl)cc3)nc12. The number of aryl methyl sites for hydroxylation is 1. The number of aromatic nitrogens is 3. The van der Waals surface area contributed by atoms with E-state index in [0.29, 0.717) is 28.8 Å². The fourth-order valence-electron chi connectivity index (χ4n) is 2.50. The van der Waals surface area contributed by atoms with Crippen LogP contribution < -0.4 is 5.56 Å². The van der Waals surface area contributed by atoms with Gasteiger partial charge in [0.2, 0.25) is 5.78 Å². The van der Waals surface area contributed by atoms with Gasteiger partial charge in [0.15, 0.2) is 0 Å². The Balaban J connectivity index is 2.13. The van der Waals surface area contributed by atoms with E-state index in [2.05, 4.69) is 4.98 Å². The predicted octanol–water partition coefficient (Wildman–Crippen LogP) is 2.69. The standard InChI is InChI=1S/C17H16ClN3O3/c1-3-24-16(23)10-20-11(2)8-15(22)21-9-14(19-17(20)21)12-4-6-13(18)7-5-12/h4-9H,3,10H2,1-2H3. The van der Waals surface area contributed by atoms with Gasteiger partial charge in [-0.25, -0.2) is 4.98 Å². The third-order valence-electron chi connectivity index (χ3n) is 3.66. The van der Waals surface area contributed by atoms with Crippen LogP contribution in [0.4, 0.5) is 0 Å². The number of ether oxygens (including phenoxy) is 1. The number of nitrogens with zero attached hydrogens (tertiary/aromatic N) is 3. The minimum atomic E-state index is -0.373. The van der Waals surface area contributed by atoms with Crippen molar-refractivity contribution in [2.75, 3.05) is 6.61 Å². The first kappa shape index (κ1) is 16.3. The number of carbonyl (C=O) groups excluding carboxylic acids is 1. The molecule has 2 aromatic heterocycles. The van der Waals surface area contributed by atoms with Crippen LogP contribution in [0, 0.1) is 6.92 Å². The molecule has 0 saturated heterocycles. The van der Waals surface area contributed by atoms with Gasteiger partial charge in [0, 0.05) is 28.5 Å². The van der Waals surface area contributed by atoms with Gasteiger partial charge in [-0.15, -0.1) is 0 Å². The molecule has 3 aromatic rings. The smallest absolute Gasteiger partial charge is 0.326 e. The lowest BCUT2D eigenvalue weighted by atomic mass is 10.2. The molecular formula is C17H16ClN3O3. The molecule has 0 spiro atoms. The monoisotopic (exact) mass is 345 g/mol. The second kappa shape index (κ2) is 6.49. The molecule has 2 heterocycles. The fraction of sp³-hybridized carbons (Fsp3) is 0.235. The highest BCUT2D eigenvalue weighted by atomic mass is 35.5. The molecule has 124 valence electrons. The third-order valence-corrected chi connectivity index (χ3v) is 3.91. The zero-order chi connectivity index (χ0) is 17.3.